The number of carbonyl (C=O) groups excluding carboxylic acids is 1. The lowest BCUT2D eigenvalue weighted by molar-refractivity contribution is -0.127. The number of hydrogen-bond donors (Lipinski definition) is 1. The van der Waals surface area contributed by atoms with Gasteiger partial charge in [0, 0.05) is 12.5 Å². The second kappa shape index (κ2) is 8.88. The highest BCUT2D eigenvalue weighted by atomic mass is 16.5. The number of ether oxygens (including phenoxy) is 1. The molecule has 0 aliphatic heterocycles. The third kappa shape index (κ3) is 4.87. The van der Waals surface area contributed by atoms with Gasteiger partial charge in [-0.3, -0.25) is 4.79 Å². The van der Waals surface area contributed by atoms with E-state index in [-0.39, 0.29) is 11.8 Å². The average Bonchev–Trinajstić information content (AvgIpc) is 2.68. The Bertz CT molecular complexity index is 723. The minimum atomic E-state index is 0.111. The number of carbonyl (C=O) groups is 1. The second-order valence-electron chi connectivity index (χ2n) is 7.41. The van der Waals surface area contributed by atoms with Gasteiger partial charge in [-0.1, -0.05) is 54.8 Å². The van der Waals surface area contributed by atoms with Gasteiger partial charge >= 0.3 is 0 Å². The van der Waals surface area contributed by atoms with Gasteiger partial charge in [0.05, 0.1) is 7.11 Å². The van der Waals surface area contributed by atoms with Crippen molar-refractivity contribution < 1.29 is 9.53 Å². The fraction of sp³-hybridized carbons (Fsp3) is 0.435. The molecule has 0 aromatic heterocycles. The molecule has 3 rings (SSSR count). The number of benzene rings is 2. The number of amides is 1. The van der Waals surface area contributed by atoms with Crippen LogP contribution in [0.4, 0.5) is 0 Å². The van der Waals surface area contributed by atoms with Crippen LogP contribution in [0.3, 0.4) is 0 Å². The van der Waals surface area contributed by atoms with E-state index < -0.39 is 0 Å². The zero-order chi connectivity index (χ0) is 18.4. The lowest BCUT2D eigenvalue weighted by Crippen LogP contribution is -2.37. The van der Waals surface area contributed by atoms with E-state index in [2.05, 4.69) is 48.6 Å². The summed E-state index contributed by atoms with van der Waals surface area (Å²) in [6, 6.07) is 16.6. The van der Waals surface area contributed by atoms with Gasteiger partial charge in [0.1, 0.15) is 5.75 Å². The van der Waals surface area contributed by atoms with E-state index in [1.54, 1.807) is 7.11 Å². The van der Waals surface area contributed by atoms with E-state index in [1.807, 2.05) is 12.1 Å². The highest BCUT2D eigenvalue weighted by Gasteiger charge is 2.30. The number of methoxy groups -OCH3 is 1. The summed E-state index contributed by atoms with van der Waals surface area (Å²) in [5.41, 5.74) is 3.66. The van der Waals surface area contributed by atoms with E-state index in [9.17, 15) is 4.79 Å². The van der Waals surface area contributed by atoms with Gasteiger partial charge in [-0.2, -0.15) is 0 Å². The van der Waals surface area contributed by atoms with E-state index in [1.165, 1.54) is 17.5 Å². The van der Waals surface area contributed by atoms with Crippen LogP contribution in [-0.2, 0) is 17.8 Å². The fourth-order valence-electron chi connectivity index (χ4n) is 3.93. The summed E-state index contributed by atoms with van der Waals surface area (Å²) in [6.45, 7) is 2.69. The van der Waals surface area contributed by atoms with Crippen LogP contribution in [0.15, 0.2) is 48.5 Å². The molecule has 26 heavy (non-hydrogen) atoms. The van der Waals surface area contributed by atoms with Gasteiger partial charge in [0.2, 0.25) is 5.91 Å². The SMILES string of the molecule is COc1cccc(CC2CCCCC2C(=O)NCc2ccc(C)cc2)c1. The number of rotatable bonds is 6. The summed E-state index contributed by atoms with van der Waals surface area (Å²) in [6.07, 6.45) is 5.43. The van der Waals surface area contributed by atoms with Crippen LogP contribution in [0.2, 0.25) is 0 Å². The monoisotopic (exact) mass is 351 g/mol. The molecule has 0 bridgehead atoms. The van der Waals surface area contributed by atoms with Crippen molar-refractivity contribution in [3.05, 3.63) is 65.2 Å². The summed E-state index contributed by atoms with van der Waals surface area (Å²) in [5.74, 6) is 1.62. The molecule has 2 aromatic carbocycles. The van der Waals surface area contributed by atoms with Crippen molar-refractivity contribution in [2.24, 2.45) is 11.8 Å². The van der Waals surface area contributed by atoms with Gasteiger partial charge in [-0.05, 0) is 55.4 Å². The zero-order valence-corrected chi connectivity index (χ0v) is 15.8. The highest BCUT2D eigenvalue weighted by Crippen LogP contribution is 2.33. The quantitative estimate of drug-likeness (QED) is 0.821. The molecule has 0 spiro atoms. The standard InChI is InChI=1S/C23H29NO2/c1-17-10-12-18(13-11-17)16-24-23(25)22-9-4-3-7-20(22)14-19-6-5-8-21(15-19)26-2/h5-6,8,10-13,15,20,22H,3-4,7,9,14,16H2,1-2H3,(H,24,25). The molecule has 0 radical (unpaired) electrons. The molecule has 2 unspecified atom stereocenters. The summed E-state index contributed by atoms with van der Waals surface area (Å²) in [4.78, 5) is 12.8. The van der Waals surface area contributed by atoms with E-state index in [0.717, 1.165) is 37.0 Å². The predicted octanol–water partition coefficient (Wildman–Crippen LogP) is 4.67. The molecule has 1 fully saturated rings. The van der Waals surface area contributed by atoms with Crippen LogP contribution >= 0.6 is 0 Å². The lowest BCUT2D eigenvalue weighted by atomic mass is 9.75. The molecule has 1 amide bonds. The largest absolute Gasteiger partial charge is 0.497 e. The van der Waals surface area contributed by atoms with Gasteiger partial charge in [0.15, 0.2) is 0 Å². The summed E-state index contributed by atoms with van der Waals surface area (Å²) in [5, 5.41) is 3.16. The van der Waals surface area contributed by atoms with Gasteiger partial charge in [-0.15, -0.1) is 0 Å². The first-order chi connectivity index (χ1) is 12.7. The van der Waals surface area contributed by atoms with Gasteiger partial charge in [0.25, 0.3) is 0 Å². The Balaban J connectivity index is 1.61. The first-order valence-corrected chi connectivity index (χ1v) is 9.62. The first-order valence-electron chi connectivity index (χ1n) is 9.62. The molecular formula is C23H29NO2. The van der Waals surface area contributed by atoms with E-state index >= 15 is 0 Å². The third-order valence-corrected chi connectivity index (χ3v) is 5.47. The number of aryl methyl sites for hydroxylation is 1. The molecule has 1 aliphatic carbocycles. The number of hydrogen-bond acceptors (Lipinski definition) is 2. The Kier molecular flexibility index (Phi) is 6.32. The molecule has 2 aromatic rings. The van der Waals surface area contributed by atoms with Gasteiger partial charge < -0.3 is 10.1 Å². The minimum absolute atomic E-state index is 0.111. The van der Waals surface area contributed by atoms with Crippen molar-refractivity contribution in [2.45, 2.75) is 45.6 Å². The van der Waals surface area contributed by atoms with Crippen molar-refractivity contribution in [1.82, 2.24) is 5.32 Å². The van der Waals surface area contributed by atoms with Crippen LogP contribution in [0.25, 0.3) is 0 Å². The average molecular weight is 351 g/mol. The van der Waals surface area contributed by atoms with Crippen molar-refractivity contribution in [3.8, 4) is 5.75 Å². The van der Waals surface area contributed by atoms with Crippen molar-refractivity contribution in [1.29, 1.82) is 0 Å². The minimum Gasteiger partial charge on any atom is -0.497 e. The Morgan fingerprint density at radius 3 is 2.62 bits per heavy atom. The number of nitrogens with one attached hydrogen (secondary N) is 1. The Hall–Kier alpha value is -2.29. The topological polar surface area (TPSA) is 38.3 Å². The molecule has 2 atom stereocenters. The summed E-state index contributed by atoms with van der Waals surface area (Å²) >= 11 is 0. The molecule has 0 saturated heterocycles. The van der Waals surface area contributed by atoms with Crippen LogP contribution < -0.4 is 10.1 Å². The van der Waals surface area contributed by atoms with Crippen molar-refractivity contribution >= 4 is 5.91 Å². The van der Waals surface area contributed by atoms with Crippen molar-refractivity contribution in [2.75, 3.05) is 7.11 Å². The normalized spacial score (nSPS) is 19.8. The molecular weight excluding hydrogens is 322 g/mol. The molecule has 0 heterocycles. The van der Waals surface area contributed by atoms with Crippen LogP contribution in [0.5, 0.6) is 5.75 Å². The molecule has 138 valence electrons. The van der Waals surface area contributed by atoms with E-state index in [4.69, 9.17) is 4.74 Å². The summed E-state index contributed by atoms with van der Waals surface area (Å²) < 4.78 is 5.33. The maximum Gasteiger partial charge on any atom is 0.223 e. The molecule has 3 nitrogen and oxygen atoms in total. The fourth-order valence-corrected chi connectivity index (χ4v) is 3.93. The first kappa shape index (κ1) is 18.5. The molecule has 1 saturated carbocycles. The van der Waals surface area contributed by atoms with Crippen LogP contribution in [0, 0.1) is 18.8 Å². The smallest absolute Gasteiger partial charge is 0.223 e. The summed E-state index contributed by atoms with van der Waals surface area (Å²) in [7, 11) is 1.70. The van der Waals surface area contributed by atoms with E-state index in [0.29, 0.717) is 12.5 Å². The second-order valence-corrected chi connectivity index (χ2v) is 7.41. The Morgan fingerprint density at radius 1 is 1.08 bits per heavy atom. The molecule has 1 N–H and O–H groups in total. The lowest BCUT2D eigenvalue weighted by Gasteiger charge is -2.31. The maximum absolute atomic E-state index is 12.8. The molecule has 3 heteroatoms. The highest BCUT2D eigenvalue weighted by molar-refractivity contribution is 5.79. The van der Waals surface area contributed by atoms with Crippen LogP contribution in [-0.4, -0.2) is 13.0 Å². The Labute approximate surface area is 156 Å². The Morgan fingerprint density at radius 2 is 1.85 bits per heavy atom. The van der Waals surface area contributed by atoms with Gasteiger partial charge in [-0.25, -0.2) is 0 Å². The third-order valence-electron chi connectivity index (χ3n) is 5.47. The zero-order valence-electron chi connectivity index (χ0n) is 15.8. The predicted molar refractivity (Wildman–Crippen MR) is 105 cm³/mol. The van der Waals surface area contributed by atoms with Crippen LogP contribution in [0.1, 0.15) is 42.4 Å². The maximum atomic E-state index is 12.8. The van der Waals surface area contributed by atoms with Crippen molar-refractivity contribution in [3.63, 3.8) is 0 Å². The molecule has 1 aliphatic rings.